The van der Waals surface area contributed by atoms with E-state index in [0.29, 0.717) is 62.4 Å². The number of esters is 3. The molecule has 4 heterocycles. The highest BCUT2D eigenvalue weighted by Crippen LogP contribution is 2.66. The zero-order valence-corrected chi connectivity index (χ0v) is 38.8. The van der Waals surface area contributed by atoms with Gasteiger partial charge in [0.1, 0.15) is 36.1 Å². The number of pyridine rings is 1. The molecule has 3 aliphatic heterocycles. The molecule has 16 heteroatoms. The number of carbonyl (C=O) groups excluding carboxylic acids is 4. The Hall–Kier alpha value is -5.07. The summed E-state index contributed by atoms with van der Waals surface area (Å²) in [6.07, 6.45) is -3.54. The molecule has 5 fully saturated rings. The Kier molecular flexibility index (Phi) is 12.5. The summed E-state index contributed by atoms with van der Waals surface area (Å²) in [5, 5.41) is 29.3. The number of ether oxygens (including phenoxy) is 7. The van der Waals surface area contributed by atoms with E-state index in [-0.39, 0.29) is 24.3 Å². The lowest BCUT2D eigenvalue weighted by Gasteiger charge is -2.68. The summed E-state index contributed by atoms with van der Waals surface area (Å²) < 4.78 is 45.6. The predicted molar refractivity (Wildman–Crippen MR) is 239 cm³/mol. The molecule has 358 valence electrons. The number of hydrogen-bond acceptors (Lipinski definition) is 15. The summed E-state index contributed by atoms with van der Waals surface area (Å²) in [7, 11) is 0. The highest BCUT2D eigenvalue weighted by atomic mass is 16.7. The van der Waals surface area contributed by atoms with Gasteiger partial charge in [0.05, 0.1) is 43.1 Å². The van der Waals surface area contributed by atoms with Crippen molar-refractivity contribution in [2.75, 3.05) is 39.5 Å². The molecule has 3 saturated heterocycles. The molecule has 0 spiro atoms. The van der Waals surface area contributed by atoms with E-state index >= 15 is 0 Å². The smallest absolute Gasteiger partial charge is 0.341 e. The van der Waals surface area contributed by atoms with Crippen molar-refractivity contribution < 1.29 is 62.5 Å². The van der Waals surface area contributed by atoms with Crippen molar-refractivity contribution in [1.29, 1.82) is 0 Å². The van der Waals surface area contributed by atoms with Crippen LogP contribution in [0.2, 0.25) is 0 Å². The van der Waals surface area contributed by atoms with Crippen LogP contribution < -0.4 is 5.32 Å². The maximum atomic E-state index is 14.9. The summed E-state index contributed by atoms with van der Waals surface area (Å²) >= 11 is 0. The molecule has 2 bridgehead atoms. The number of nitrogens with one attached hydrogen (secondary N) is 1. The topological polar surface area (TPSA) is 202 Å². The van der Waals surface area contributed by atoms with Gasteiger partial charge in [-0.3, -0.25) is 19.5 Å². The van der Waals surface area contributed by atoms with E-state index in [9.17, 15) is 29.4 Å². The van der Waals surface area contributed by atoms with Crippen molar-refractivity contribution in [3.05, 3.63) is 113 Å². The monoisotopic (exact) mass is 923 g/mol. The lowest BCUT2D eigenvalue weighted by molar-refractivity contribution is -0.345. The molecular weight excluding hydrogens is 863 g/mol. The molecule has 1 amide bonds. The van der Waals surface area contributed by atoms with Gasteiger partial charge in [0.2, 0.25) is 0 Å². The number of aromatic nitrogens is 1. The van der Waals surface area contributed by atoms with E-state index in [1.54, 1.807) is 78.9 Å². The van der Waals surface area contributed by atoms with E-state index in [1.807, 2.05) is 27.7 Å². The molecule has 2 aromatic carbocycles. The van der Waals surface area contributed by atoms with Gasteiger partial charge in [0.15, 0.2) is 17.5 Å². The SMILES string of the molecule is CC(=O)O[C@@]12CO[C@@H]1CC[C@@]1(C)C3O[C@H](CN4CCOCC4)OC3C3=C(C)[C@@H](OC(=O)[C@](C)(O)[C@H](NC(=O)c4ccccc4)c4ccccn4)C[C@@](O)(C(OC(=O)c4ccccc4)C12)C3(C)C. The Balaban J connectivity index is 1.18. The summed E-state index contributed by atoms with van der Waals surface area (Å²) in [6.45, 7) is 13.0. The van der Waals surface area contributed by atoms with Crippen molar-refractivity contribution in [3.8, 4) is 0 Å². The Morgan fingerprint density at radius 2 is 1.61 bits per heavy atom. The molecule has 3 N–H and O–H groups in total. The van der Waals surface area contributed by atoms with Crippen LogP contribution >= 0.6 is 0 Å². The third-order valence-corrected chi connectivity index (χ3v) is 15.6. The third kappa shape index (κ3) is 8.07. The minimum atomic E-state index is -2.43. The number of fused-ring (bicyclic) bond motifs is 8. The minimum absolute atomic E-state index is 0.0323. The molecule has 16 nitrogen and oxygen atoms in total. The number of amides is 1. The standard InChI is InChI=1S/C51H61N3O13/c1-30-35(63-46(58)49(6,59)41(34-19-13-14-22-52-34)53-44(56)32-15-9-7-10-16-32)27-51(60)43(66-45(57)33-17-11-8-12-18-33)40-48(5,21-20-36-50(40,29-62-36)67-31(2)55)42-39(38(30)47(51,3)4)64-37(65-42)28-54-23-25-61-26-24-54/h7-19,22,35-37,39-43,59-60H,20-21,23-29H2,1-6H3,(H,53,56)/t35-,36+,37+,39?,40?,41+,42?,43?,48+,49+,50-,51+/m0/s1. The van der Waals surface area contributed by atoms with Gasteiger partial charge in [0, 0.05) is 55.6 Å². The summed E-state index contributed by atoms with van der Waals surface area (Å²) in [6, 6.07) is 20.4. The fourth-order valence-corrected chi connectivity index (χ4v) is 12.0. The van der Waals surface area contributed by atoms with Crippen LogP contribution in [0.15, 0.2) is 96.2 Å². The molecule has 4 unspecified atom stereocenters. The molecule has 1 aromatic heterocycles. The number of morpholine rings is 1. The Morgan fingerprint density at radius 1 is 0.940 bits per heavy atom. The van der Waals surface area contributed by atoms with Crippen LogP contribution in [0.25, 0.3) is 0 Å². The Bertz CT molecular complexity index is 2380. The molecule has 0 radical (unpaired) electrons. The average Bonchev–Trinajstić information content (AvgIpc) is 3.72. The number of carbonyl (C=O) groups is 4. The first-order chi connectivity index (χ1) is 31.9. The molecule has 9 rings (SSSR count). The van der Waals surface area contributed by atoms with E-state index in [2.05, 4.69) is 15.2 Å². The Labute approximate surface area is 390 Å². The van der Waals surface area contributed by atoms with Crippen LogP contribution in [0.5, 0.6) is 0 Å². The van der Waals surface area contributed by atoms with Gasteiger partial charge in [-0.05, 0) is 74.2 Å². The van der Waals surface area contributed by atoms with Crippen LogP contribution in [0.1, 0.15) is 93.3 Å². The minimum Gasteiger partial charge on any atom is -0.456 e. The van der Waals surface area contributed by atoms with Crippen molar-refractivity contribution in [2.24, 2.45) is 16.7 Å². The maximum Gasteiger partial charge on any atom is 0.341 e. The van der Waals surface area contributed by atoms with Gasteiger partial charge in [-0.15, -0.1) is 0 Å². The molecule has 2 saturated carbocycles. The summed E-state index contributed by atoms with van der Waals surface area (Å²) in [4.78, 5) is 63.0. The van der Waals surface area contributed by atoms with E-state index in [0.717, 1.165) is 0 Å². The van der Waals surface area contributed by atoms with Crippen LogP contribution in [0, 0.1) is 16.7 Å². The van der Waals surface area contributed by atoms with Crippen molar-refractivity contribution in [2.45, 2.75) is 120 Å². The molecule has 12 atom stereocenters. The number of hydrogen-bond donors (Lipinski definition) is 3. The fraction of sp³-hybridized carbons (Fsp3) is 0.549. The Morgan fingerprint density at radius 3 is 2.24 bits per heavy atom. The summed E-state index contributed by atoms with van der Waals surface area (Å²) in [5.74, 6) is -3.92. The largest absolute Gasteiger partial charge is 0.456 e. The maximum absolute atomic E-state index is 14.9. The van der Waals surface area contributed by atoms with Gasteiger partial charge in [0.25, 0.3) is 5.91 Å². The van der Waals surface area contributed by atoms with Crippen molar-refractivity contribution in [1.82, 2.24) is 15.2 Å². The molecular formula is C51H61N3O13. The first kappa shape index (κ1) is 47.0. The second-order valence-corrected chi connectivity index (χ2v) is 19.9. The van der Waals surface area contributed by atoms with E-state index < -0.39 is 100 Å². The van der Waals surface area contributed by atoms with Crippen molar-refractivity contribution >= 4 is 23.8 Å². The van der Waals surface area contributed by atoms with Gasteiger partial charge >= 0.3 is 17.9 Å². The first-order valence-corrected chi connectivity index (χ1v) is 23.2. The quantitative estimate of drug-likeness (QED) is 0.138. The number of rotatable bonds is 11. The zero-order valence-electron chi connectivity index (χ0n) is 38.8. The zero-order chi connectivity index (χ0) is 47.5. The number of benzene rings is 2. The summed E-state index contributed by atoms with van der Waals surface area (Å²) in [5.41, 5.74) is -6.33. The van der Waals surface area contributed by atoms with Gasteiger partial charge < -0.3 is 48.7 Å². The van der Waals surface area contributed by atoms with Gasteiger partial charge in [-0.2, -0.15) is 0 Å². The molecule has 6 aliphatic rings. The van der Waals surface area contributed by atoms with E-state index in [1.165, 1.54) is 20.0 Å². The highest BCUT2D eigenvalue weighted by Gasteiger charge is 2.77. The number of aliphatic hydroxyl groups is 2. The van der Waals surface area contributed by atoms with Crippen LogP contribution in [0.4, 0.5) is 0 Å². The van der Waals surface area contributed by atoms with Gasteiger partial charge in [-0.25, -0.2) is 9.59 Å². The third-order valence-electron chi connectivity index (χ3n) is 15.6. The second kappa shape index (κ2) is 17.8. The number of nitrogens with zero attached hydrogens (tertiary/aromatic N) is 2. The molecule has 3 aliphatic carbocycles. The van der Waals surface area contributed by atoms with Crippen molar-refractivity contribution in [3.63, 3.8) is 0 Å². The lowest BCUT2D eigenvalue weighted by atomic mass is 9.45. The average molecular weight is 924 g/mol. The molecule has 3 aromatic rings. The predicted octanol–water partition coefficient (Wildman–Crippen LogP) is 4.49. The molecule has 67 heavy (non-hydrogen) atoms. The fourth-order valence-electron chi connectivity index (χ4n) is 12.0. The normalized spacial score (nSPS) is 34.5. The van der Waals surface area contributed by atoms with Gasteiger partial charge in [-0.1, -0.05) is 63.2 Å². The highest BCUT2D eigenvalue weighted by molar-refractivity contribution is 5.95. The van der Waals surface area contributed by atoms with Crippen LogP contribution in [-0.4, -0.2) is 137 Å². The van der Waals surface area contributed by atoms with E-state index in [4.69, 9.17) is 33.2 Å². The lowest BCUT2D eigenvalue weighted by Crippen LogP contribution is -2.79. The second-order valence-electron chi connectivity index (χ2n) is 19.9. The van der Waals surface area contributed by atoms with Crippen LogP contribution in [0.3, 0.4) is 0 Å². The first-order valence-electron chi connectivity index (χ1n) is 23.2. The van der Waals surface area contributed by atoms with Crippen LogP contribution in [-0.2, 0) is 42.7 Å².